The first-order chi connectivity index (χ1) is 5.93. The molecule has 0 aliphatic rings. The Morgan fingerprint density at radius 2 is 1.69 bits per heavy atom. The van der Waals surface area contributed by atoms with Gasteiger partial charge in [-0.05, 0) is 5.56 Å². The van der Waals surface area contributed by atoms with E-state index in [-0.39, 0.29) is 0 Å². The molecular formula is C9H13O3P. The van der Waals surface area contributed by atoms with Crippen LogP contribution in [-0.4, -0.2) is 16.5 Å². The Morgan fingerprint density at radius 1 is 1.31 bits per heavy atom. The molecule has 0 aliphatic carbocycles. The van der Waals surface area contributed by atoms with E-state index in [1.54, 1.807) is 0 Å². The molecule has 0 bridgehead atoms. The molecule has 0 heterocycles. The summed E-state index contributed by atoms with van der Waals surface area (Å²) in [5.74, 6) is 0. The van der Waals surface area contributed by atoms with Gasteiger partial charge in [0.05, 0.1) is 0 Å². The van der Waals surface area contributed by atoms with Gasteiger partial charge in [0.1, 0.15) is 0 Å². The molecule has 0 unspecified atom stereocenters. The molecule has 13 heavy (non-hydrogen) atoms. The molecule has 0 aromatic heterocycles. The third-order valence-electron chi connectivity index (χ3n) is 1.04. The summed E-state index contributed by atoms with van der Waals surface area (Å²) >= 11 is 0. The Labute approximate surface area is 77.9 Å². The van der Waals surface area contributed by atoms with Gasteiger partial charge in [0, 0.05) is 6.66 Å². The zero-order chi connectivity index (χ0) is 10.3. The number of hydrogen-bond acceptors (Lipinski definition) is 1. The van der Waals surface area contributed by atoms with Crippen LogP contribution in [0.1, 0.15) is 5.56 Å². The third kappa shape index (κ3) is 11.1. The van der Waals surface area contributed by atoms with Crippen LogP contribution in [0.4, 0.5) is 0 Å². The van der Waals surface area contributed by atoms with Crippen molar-refractivity contribution in [3.8, 4) is 0 Å². The predicted octanol–water partition coefficient (Wildman–Crippen LogP) is 2.12. The molecule has 1 aromatic carbocycles. The molecule has 72 valence electrons. The topological polar surface area (TPSA) is 57.5 Å². The molecule has 3 nitrogen and oxygen atoms in total. The fraction of sp³-hybridized carbons (Fsp3) is 0.111. The van der Waals surface area contributed by atoms with Gasteiger partial charge < -0.3 is 9.79 Å². The van der Waals surface area contributed by atoms with Gasteiger partial charge in [0.15, 0.2) is 0 Å². The van der Waals surface area contributed by atoms with Crippen LogP contribution in [0, 0.1) is 0 Å². The minimum atomic E-state index is -3.64. The standard InChI is InChI=1S/C8H8.CH5O3P/c1-2-8-6-4-3-5-7-8;1-5(2,3)4/h2-7H,1H2;1H3,(H2,2,3,4). The van der Waals surface area contributed by atoms with Crippen molar-refractivity contribution < 1.29 is 14.4 Å². The first-order valence-electron chi connectivity index (χ1n) is 3.64. The maximum atomic E-state index is 9.33. The highest BCUT2D eigenvalue weighted by atomic mass is 31.2. The Kier molecular flexibility index (Phi) is 5.31. The zero-order valence-electron chi connectivity index (χ0n) is 7.42. The molecule has 0 radical (unpaired) electrons. The van der Waals surface area contributed by atoms with Crippen LogP contribution in [0.2, 0.25) is 0 Å². The van der Waals surface area contributed by atoms with Crippen molar-refractivity contribution in [3.05, 3.63) is 42.5 Å². The summed E-state index contributed by atoms with van der Waals surface area (Å²) in [5.41, 5.74) is 1.17. The fourth-order valence-corrected chi connectivity index (χ4v) is 0.589. The minimum Gasteiger partial charge on any atom is -0.325 e. The van der Waals surface area contributed by atoms with Crippen molar-refractivity contribution in [2.45, 2.75) is 0 Å². The van der Waals surface area contributed by atoms with Gasteiger partial charge in [-0.2, -0.15) is 0 Å². The molecular weight excluding hydrogens is 187 g/mol. The van der Waals surface area contributed by atoms with E-state index in [0.29, 0.717) is 0 Å². The van der Waals surface area contributed by atoms with Crippen LogP contribution < -0.4 is 0 Å². The van der Waals surface area contributed by atoms with Crippen molar-refractivity contribution in [1.82, 2.24) is 0 Å². The molecule has 2 N–H and O–H groups in total. The van der Waals surface area contributed by atoms with Gasteiger partial charge in [-0.3, -0.25) is 4.57 Å². The van der Waals surface area contributed by atoms with Crippen molar-refractivity contribution in [2.24, 2.45) is 0 Å². The molecule has 1 aromatic rings. The van der Waals surface area contributed by atoms with E-state index in [9.17, 15) is 4.57 Å². The molecule has 1 rings (SSSR count). The van der Waals surface area contributed by atoms with E-state index in [1.165, 1.54) is 5.56 Å². The van der Waals surface area contributed by atoms with Crippen LogP contribution in [0.3, 0.4) is 0 Å². The average molecular weight is 200 g/mol. The first-order valence-corrected chi connectivity index (χ1v) is 5.70. The summed E-state index contributed by atoms with van der Waals surface area (Å²) in [7, 11) is -3.64. The van der Waals surface area contributed by atoms with Crippen LogP contribution in [0.5, 0.6) is 0 Å². The van der Waals surface area contributed by atoms with Gasteiger partial charge in [-0.15, -0.1) is 0 Å². The van der Waals surface area contributed by atoms with E-state index in [1.807, 2.05) is 36.4 Å². The largest absolute Gasteiger partial charge is 0.325 e. The summed E-state index contributed by atoms with van der Waals surface area (Å²) in [6.07, 6.45) is 1.83. The highest BCUT2D eigenvalue weighted by Gasteiger charge is 1.95. The Bertz CT molecular complexity index is 281. The highest BCUT2D eigenvalue weighted by molar-refractivity contribution is 7.50. The summed E-state index contributed by atoms with van der Waals surface area (Å²) < 4.78 is 9.33. The lowest BCUT2D eigenvalue weighted by atomic mass is 10.2. The second-order valence-corrected chi connectivity index (χ2v) is 4.12. The lowest BCUT2D eigenvalue weighted by molar-refractivity contribution is 0.381. The smallest absolute Gasteiger partial charge is 0.322 e. The number of benzene rings is 1. The molecule has 0 amide bonds. The van der Waals surface area contributed by atoms with Crippen LogP contribution >= 0.6 is 7.60 Å². The van der Waals surface area contributed by atoms with E-state index < -0.39 is 7.60 Å². The Balaban J connectivity index is 0.000000252. The van der Waals surface area contributed by atoms with Crippen molar-refractivity contribution in [2.75, 3.05) is 6.66 Å². The molecule has 0 spiro atoms. The van der Waals surface area contributed by atoms with Crippen LogP contribution in [0.15, 0.2) is 36.9 Å². The van der Waals surface area contributed by atoms with E-state index in [4.69, 9.17) is 9.79 Å². The van der Waals surface area contributed by atoms with Crippen molar-refractivity contribution in [1.29, 1.82) is 0 Å². The predicted molar refractivity (Wildman–Crippen MR) is 54.5 cm³/mol. The number of hydrogen-bond donors (Lipinski definition) is 2. The number of rotatable bonds is 1. The lowest BCUT2D eigenvalue weighted by Crippen LogP contribution is -1.64. The molecule has 0 saturated heterocycles. The molecule has 0 atom stereocenters. The maximum Gasteiger partial charge on any atom is 0.322 e. The van der Waals surface area contributed by atoms with Crippen molar-refractivity contribution in [3.63, 3.8) is 0 Å². The Morgan fingerprint density at radius 3 is 1.92 bits per heavy atom. The minimum absolute atomic E-state index is 0.854. The fourth-order valence-electron chi connectivity index (χ4n) is 0.589. The highest BCUT2D eigenvalue weighted by Crippen LogP contribution is 2.26. The molecule has 0 fully saturated rings. The third-order valence-corrected chi connectivity index (χ3v) is 1.04. The summed E-state index contributed by atoms with van der Waals surface area (Å²) in [4.78, 5) is 15.3. The molecule has 0 saturated carbocycles. The van der Waals surface area contributed by atoms with E-state index in [2.05, 4.69) is 6.58 Å². The quantitative estimate of drug-likeness (QED) is 0.682. The van der Waals surface area contributed by atoms with Gasteiger partial charge in [0.2, 0.25) is 0 Å². The van der Waals surface area contributed by atoms with Crippen LogP contribution in [0.25, 0.3) is 6.08 Å². The van der Waals surface area contributed by atoms with Crippen LogP contribution in [-0.2, 0) is 4.57 Å². The van der Waals surface area contributed by atoms with E-state index >= 15 is 0 Å². The normalized spacial score (nSPS) is 9.77. The van der Waals surface area contributed by atoms with Gasteiger partial charge in [0.25, 0.3) is 0 Å². The lowest BCUT2D eigenvalue weighted by Gasteiger charge is -1.85. The zero-order valence-corrected chi connectivity index (χ0v) is 8.32. The summed E-state index contributed by atoms with van der Waals surface area (Å²) in [6, 6.07) is 10.0. The summed E-state index contributed by atoms with van der Waals surface area (Å²) in [6.45, 7) is 4.49. The Hall–Kier alpha value is -0.890. The van der Waals surface area contributed by atoms with Crippen molar-refractivity contribution >= 4 is 13.7 Å². The molecule has 4 heteroatoms. The summed E-state index contributed by atoms with van der Waals surface area (Å²) in [5, 5.41) is 0. The second-order valence-electron chi connectivity index (χ2n) is 2.45. The maximum absolute atomic E-state index is 9.33. The molecule has 0 aliphatic heterocycles. The average Bonchev–Trinajstić information content (AvgIpc) is 2.03. The van der Waals surface area contributed by atoms with Gasteiger partial charge >= 0.3 is 7.60 Å². The SMILES string of the molecule is C=Cc1ccccc1.CP(=O)(O)O. The van der Waals surface area contributed by atoms with Gasteiger partial charge in [-0.25, -0.2) is 0 Å². The monoisotopic (exact) mass is 200 g/mol. The second kappa shape index (κ2) is 5.70. The van der Waals surface area contributed by atoms with Gasteiger partial charge in [-0.1, -0.05) is 43.0 Å². The first kappa shape index (κ1) is 12.1. The van der Waals surface area contributed by atoms with E-state index in [0.717, 1.165) is 6.66 Å².